The molecular weight excluding hydrogens is 182 g/mol. The van der Waals surface area contributed by atoms with Crippen molar-refractivity contribution in [3.05, 3.63) is 0 Å². The van der Waals surface area contributed by atoms with Crippen LogP contribution in [-0.2, 0) is 4.79 Å². The van der Waals surface area contributed by atoms with Crippen LogP contribution in [-0.4, -0.2) is 6.08 Å². The summed E-state index contributed by atoms with van der Waals surface area (Å²) in [4.78, 5) is 8.35. The van der Waals surface area contributed by atoms with Crippen molar-refractivity contribution < 1.29 is 46.5 Å². The Kier molecular flexibility index (Phi) is 20.4. The number of isocyanates is 1. The van der Waals surface area contributed by atoms with E-state index in [2.05, 4.69) is 0 Å². The van der Waals surface area contributed by atoms with Gasteiger partial charge in [0.25, 0.3) is 0 Å². The molecule has 0 aliphatic rings. The minimum atomic E-state index is 0. The molecule has 0 unspecified atom stereocenters. The predicted octanol–water partition coefficient (Wildman–Crippen LogP) is -0.0990. The van der Waals surface area contributed by atoms with Gasteiger partial charge in [-0.05, 0) is 0 Å². The molecule has 0 aliphatic carbocycles. The molecule has 0 saturated carbocycles. The summed E-state index contributed by atoms with van der Waals surface area (Å²) < 4.78 is 0. The molecule has 0 fully saturated rings. The van der Waals surface area contributed by atoms with Crippen molar-refractivity contribution in [1.82, 2.24) is 0 Å². The molecule has 3 heteroatoms. The maximum Gasteiger partial charge on any atom is 0.231 e. The van der Waals surface area contributed by atoms with Crippen molar-refractivity contribution in [3.8, 4) is 0 Å². The smallest absolute Gasteiger partial charge is 0.222 e. The Hall–Kier alpha value is 0.757. The maximum absolute atomic E-state index is 8.35. The summed E-state index contributed by atoms with van der Waals surface area (Å²) in [6.07, 6.45) is 0.750. The van der Waals surface area contributed by atoms with E-state index in [4.69, 9.17) is 10.2 Å². The summed E-state index contributed by atoms with van der Waals surface area (Å²) in [5.74, 6) is 0. The van der Waals surface area contributed by atoms with E-state index in [9.17, 15) is 0 Å². The molecule has 0 heterocycles. The number of carbonyl (C=O) groups excluding carboxylic acids is 1. The Morgan fingerprint density at radius 1 is 1.75 bits per heavy atom. The number of rotatable bonds is 0. The second kappa shape index (κ2) is 9.25. The van der Waals surface area contributed by atoms with E-state index in [0.29, 0.717) is 0 Å². The van der Waals surface area contributed by atoms with Crippen LogP contribution in [0.4, 0.5) is 0 Å². The zero-order valence-electron chi connectivity index (χ0n) is 1.91. The van der Waals surface area contributed by atoms with Crippen molar-refractivity contribution in [2.24, 2.45) is 0 Å². The van der Waals surface area contributed by atoms with Crippen molar-refractivity contribution in [1.29, 1.82) is 5.41 Å². The number of hydrogen-bond donors (Lipinski definition) is 1. The van der Waals surface area contributed by atoms with Gasteiger partial charge in [-0.15, -0.1) is 0 Å². The fourth-order valence-electron chi connectivity index (χ4n) is 0. The van der Waals surface area contributed by atoms with Crippen LogP contribution < -0.4 is 0 Å². The third-order valence-corrected chi connectivity index (χ3v) is 0. The monoisotopic (exact) mass is 183 g/mol. The fourth-order valence-corrected chi connectivity index (χ4v) is 0. The number of nitrogens with one attached hydrogen (secondary N) is 1. The first-order valence-electron chi connectivity index (χ1n) is 0.454. The summed E-state index contributed by atoms with van der Waals surface area (Å²) in [7, 11) is 0. The van der Waals surface area contributed by atoms with Crippen molar-refractivity contribution in [3.63, 3.8) is 0 Å². The number of hydrogen-bond acceptors (Lipinski definition) is 2. The van der Waals surface area contributed by atoms with Gasteiger partial charge in [0.15, 0.2) is 0 Å². The Morgan fingerprint density at radius 3 is 1.75 bits per heavy atom. The van der Waals surface area contributed by atoms with Gasteiger partial charge in [0.2, 0.25) is 6.08 Å². The van der Waals surface area contributed by atoms with Crippen molar-refractivity contribution in [2.75, 3.05) is 0 Å². The van der Waals surface area contributed by atoms with Gasteiger partial charge in [0.1, 0.15) is 0 Å². The largest absolute Gasteiger partial charge is 0.231 e. The van der Waals surface area contributed by atoms with Crippen LogP contribution in [0.1, 0.15) is 0 Å². The van der Waals surface area contributed by atoms with Crippen LogP contribution in [0.25, 0.3) is 0 Å². The van der Waals surface area contributed by atoms with Crippen LogP contribution in [0.2, 0.25) is 0 Å². The van der Waals surface area contributed by atoms with Crippen molar-refractivity contribution in [2.45, 2.75) is 0 Å². The molecule has 0 atom stereocenters. The first kappa shape index (κ1) is 8.83. The Bertz CT molecular complexity index is 29.0. The SMILES string of the molecule is N=C=O.[Ce]. The first-order valence-corrected chi connectivity index (χ1v) is 0.454. The summed E-state index contributed by atoms with van der Waals surface area (Å²) in [5, 5.41) is 5.40. The summed E-state index contributed by atoms with van der Waals surface area (Å²) in [6.45, 7) is 0. The molecule has 0 amide bonds. The zero-order chi connectivity index (χ0) is 2.71. The van der Waals surface area contributed by atoms with Gasteiger partial charge < -0.3 is 0 Å². The molecule has 0 bridgehead atoms. The van der Waals surface area contributed by atoms with Gasteiger partial charge in [-0.25, -0.2) is 10.2 Å². The van der Waals surface area contributed by atoms with E-state index in [0.717, 1.165) is 6.08 Å². The van der Waals surface area contributed by atoms with Crippen LogP contribution in [0.3, 0.4) is 0 Å². The van der Waals surface area contributed by atoms with Gasteiger partial charge >= 0.3 is 0 Å². The topological polar surface area (TPSA) is 40.9 Å². The second-order valence-electron chi connectivity index (χ2n) is 0.102. The maximum atomic E-state index is 8.35. The molecular formula is CHCeNO. The molecule has 2 nitrogen and oxygen atoms in total. The molecule has 0 aromatic rings. The minimum Gasteiger partial charge on any atom is -0.222 e. The molecule has 4 heavy (non-hydrogen) atoms. The predicted molar refractivity (Wildman–Crippen MR) is 8.41 cm³/mol. The molecule has 0 aliphatic heterocycles. The molecule has 1 N–H and O–H groups in total. The Morgan fingerprint density at radius 2 is 1.75 bits per heavy atom. The third kappa shape index (κ3) is 14.9. The van der Waals surface area contributed by atoms with Crippen molar-refractivity contribution >= 4 is 6.08 Å². The van der Waals surface area contributed by atoms with Crippen LogP contribution in [0.5, 0.6) is 0 Å². The van der Waals surface area contributed by atoms with E-state index in [-0.39, 0.29) is 41.7 Å². The Balaban J connectivity index is 0. The zero-order valence-corrected chi connectivity index (χ0v) is 5.05. The molecule has 0 aromatic carbocycles. The van der Waals surface area contributed by atoms with Gasteiger partial charge in [0, 0.05) is 41.7 Å². The van der Waals surface area contributed by atoms with Gasteiger partial charge in [-0.2, -0.15) is 0 Å². The standard InChI is InChI=1S/CHNO.Ce/c2-1-3;/h2H;. The molecule has 0 rings (SSSR count). The fraction of sp³-hybridized carbons (Fsp3) is 0. The van der Waals surface area contributed by atoms with E-state index in [1.807, 2.05) is 0 Å². The average Bonchev–Trinajstić information content (AvgIpc) is 0.918. The summed E-state index contributed by atoms with van der Waals surface area (Å²) in [6, 6.07) is 0. The summed E-state index contributed by atoms with van der Waals surface area (Å²) >= 11 is 0. The molecule has 20 valence electrons. The third-order valence-electron chi connectivity index (χ3n) is 0. The van der Waals surface area contributed by atoms with E-state index >= 15 is 0 Å². The Labute approximate surface area is 57.5 Å². The van der Waals surface area contributed by atoms with E-state index in [1.54, 1.807) is 0 Å². The second-order valence-corrected chi connectivity index (χ2v) is 0.102. The normalized spacial score (nSPS) is 2.00. The van der Waals surface area contributed by atoms with Gasteiger partial charge in [-0.3, -0.25) is 0 Å². The van der Waals surface area contributed by atoms with E-state index < -0.39 is 0 Å². The van der Waals surface area contributed by atoms with Crippen LogP contribution in [0.15, 0.2) is 0 Å². The van der Waals surface area contributed by atoms with Crippen LogP contribution in [0, 0.1) is 47.2 Å². The van der Waals surface area contributed by atoms with Crippen LogP contribution >= 0.6 is 0 Å². The molecule has 0 radical (unpaired) electrons. The molecule has 0 spiro atoms. The van der Waals surface area contributed by atoms with Gasteiger partial charge in [-0.1, -0.05) is 0 Å². The quantitative estimate of drug-likeness (QED) is 0.413. The minimum absolute atomic E-state index is 0. The molecule has 0 saturated heterocycles. The molecule has 0 aromatic heterocycles. The average molecular weight is 183 g/mol. The van der Waals surface area contributed by atoms with Gasteiger partial charge in [0.05, 0.1) is 0 Å². The van der Waals surface area contributed by atoms with E-state index in [1.165, 1.54) is 0 Å². The first-order chi connectivity index (χ1) is 1.41. The summed E-state index contributed by atoms with van der Waals surface area (Å²) in [5.41, 5.74) is 0.